The van der Waals surface area contributed by atoms with E-state index in [0.717, 1.165) is 15.8 Å². The summed E-state index contributed by atoms with van der Waals surface area (Å²) in [6.07, 6.45) is 5.13. The fraction of sp³-hybridized carbons (Fsp3) is 0.538. The van der Waals surface area contributed by atoms with E-state index in [0.29, 0.717) is 5.92 Å². The quantitative estimate of drug-likeness (QED) is 0.911. The Bertz CT molecular complexity index is 366. The zero-order chi connectivity index (χ0) is 11.5. The molecule has 0 bridgehead atoms. The van der Waals surface area contributed by atoms with Crippen molar-refractivity contribution in [2.24, 2.45) is 11.7 Å². The molecule has 2 nitrogen and oxygen atoms in total. The summed E-state index contributed by atoms with van der Waals surface area (Å²) in [5, 5.41) is 0. The molecule has 2 N–H and O–H groups in total. The van der Waals surface area contributed by atoms with Crippen LogP contribution in [0, 0.1) is 5.92 Å². The summed E-state index contributed by atoms with van der Waals surface area (Å²) in [5.41, 5.74) is 7.47. The van der Waals surface area contributed by atoms with Gasteiger partial charge in [0.15, 0.2) is 0 Å². The summed E-state index contributed by atoms with van der Waals surface area (Å²) >= 11 is 3.45. The SMILES string of the molecule is COc1cc(Br)ccc1[C@@H](N)C1CCCC1.Cl. The van der Waals surface area contributed by atoms with Crippen LogP contribution in [0.25, 0.3) is 0 Å². The molecule has 0 spiro atoms. The predicted molar refractivity (Wildman–Crippen MR) is 76.8 cm³/mol. The van der Waals surface area contributed by atoms with Crippen molar-refractivity contribution in [3.63, 3.8) is 0 Å². The largest absolute Gasteiger partial charge is 0.496 e. The number of ether oxygens (including phenoxy) is 1. The van der Waals surface area contributed by atoms with E-state index in [1.165, 1.54) is 25.7 Å². The molecule has 0 unspecified atom stereocenters. The lowest BCUT2D eigenvalue weighted by atomic mass is 9.92. The van der Waals surface area contributed by atoms with Crippen molar-refractivity contribution in [2.75, 3.05) is 7.11 Å². The van der Waals surface area contributed by atoms with Crippen LogP contribution in [0.2, 0.25) is 0 Å². The lowest BCUT2D eigenvalue weighted by Crippen LogP contribution is -2.19. The number of hydrogen-bond acceptors (Lipinski definition) is 2. The molecule has 0 saturated heterocycles. The molecule has 1 fully saturated rings. The van der Waals surface area contributed by atoms with Gasteiger partial charge in [0.2, 0.25) is 0 Å². The Hall–Kier alpha value is -0.250. The molecule has 2 rings (SSSR count). The van der Waals surface area contributed by atoms with E-state index in [4.69, 9.17) is 10.5 Å². The molecule has 1 saturated carbocycles. The Morgan fingerprint density at radius 1 is 1.35 bits per heavy atom. The van der Waals surface area contributed by atoms with Gasteiger partial charge in [0.05, 0.1) is 7.11 Å². The van der Waals surface area contributed by atoms with Crippen molar-refractivity contribution in [3.05, 3.63) is 28.2 Å². The molecule has 1 aliphatic rings. The first-order chi connectivity index (χ1) is 7.72. The Labute approximate surface area is 117 Å². The highest BCUT2D eigenvalue weighted by atomic mass is 79.9. The molecule has 1 aliphatic carbocycles. The Balaban J connectivity index is 0.00000144. The molecule has 0 radical (unpaired) electrons. The van der Waals surface area contributed by atoms with Crippen LogP contribution in [-0.2, 0) is 0 Å². The minimum atomic E-state index is 0. The molecule has 0 aromatic heterocycles. The summed E-state index contributed by atoms with van der Waals surface area (Å²) in [6.45, 7) is 0. The second kappa shape index (κ2) is 6.62. The third-order valence-corrected chi connectivity index (χ3v) is 3.96. The van der Waals surface area contributed by atoms with E-state index in [1.54, 1.807) is 7.11 Å². The lowest BCUT2D eigenvalue weighted by molar-refractivity contribution is 0.385. The van der Waals surface area contributed by atoms with Crippen molar-refractivity contribution >= 4 is 28.3 Å². The molecular formula is C13H19BrClNO. The van der Waals surface area contributed by atoms with Crippen LogP contribution in [0.15, 0.2) is 22.7 Å². The van der Waals surface area contributed by atoms with Gasteiger partial charge >= 0.3 is 0 Å². The van der Waals surface area contributed by atoms with E-state index in [9.17, 15) is 0 Å². The van der Waals surface area contributed by atoms with Gasteiger partial charge in [-0.1, -0.05) is 34.8 Å². The molecule has 96 valence electrons. The molecular weight excluding hydrogens is 302 g/mol. The molecule has 1 aromatic rings. The number of halogens is 2. The number of nitrogens with two attached hydrogens (primary N) is 1. The maximum Gasteiger partial charge on any atom is 0.124 e. The fourth-order valence-corrected chi connectivity index (χ4v) is 2.87. The molecule has 0 aliphatic heterocycles. The molecule has 1 atom stereocenters. The summed E-state index contributed by atoms with van der Waals surface area (Å²) < 4.78 is 6.43. The monoisotopic (exact) mass is 319 g/mol. The average Bonchev–Trinajstić information content (AvgIpc) is 2.81. The summed E-state index contributed by atoms with van der Waals surface area (Å²) in [7, 11) is 1.70. The van der Waals surface area contributed by atoms with E-state index in [-0.39, 0.29) is 18.4 Å². The van der Waals surface area contributed by atoms with Crippen molar-refractivity contribution < 1.29 is 4.74 Å². The Morgan fingerprint density at radius 3 is 2.59 bits per heavy atom. The molecule has 0 heterocycles. The Kier molecular flexibility index (Phi) is 5.77. The van der Waals surface area contributed by atoms with E-state index < -0.39 is 0 Å². The molecule has 17 heavy (non-hydrogen) atoms. The first-order valence-electron chi connectivity index (χ1n) is 5.81. The first-order valence-corrected chi connectivity index (χ1v) is 6.60. The van der Waals surface area contributed by atoms with Gasteiger partial charge in [-0.3, -0.25) is 0 Å². The van der Waals surface area contributed by atoms with E-state index in [1.807, 2.05) is 12.1 Å². The van der Waals surface area contributed by atoms with Crippen LogP contribution < -0.4 is 10.5 Å². The Morgan fingerprint density at radius 2 is 2.00 bits per heavy atom. The van der Waals surface area contributed by atoms with Crippen molar-refractivity contribution in [2.45, 2.75) is 31.7 Å². The van der Waals surface area contributed by atoms with Gasteiger partial charge in [-0.2, -0.15) is 0 Å². The van der Waals surface area contributed by atoms with Gasteiger partial charge in [-0.05, 0) is 30.9 Å². The number of benzene rings is 1. The van der Waals surface area contributed by atoms with Gasteiger partial charge < -0.3 is 10.5 Å². The van der Waals surface area contributed by atoms with Gasteiger partial charge in [-0.25, -0.2) is 0 Å². The second-order valence-corrected chi connectivity index (χ2v) is 5.37. The van der Waals surface area contributed by atoms with Crippen LogP contribution in [0.5, 0.6) is 5.75 Å². The minimum Gasteiger partial charge on any atom is -0.496 e. The van der Waals surface area contributed by atoms with Crippen LogP contribution in [0.4, 0.5) is 0 Å². The third-order valence-electron chi connectivity index (χ3n) is 3.46. The smallest absolute Gasteiger partial charge is 0.124 e. The lowest BCUT2D eigenvalue weighted by Gasteiger charge is -2.21. The van der Waals surface area contributed by atoms with E-state index in [2.05, 4.69) is 22.0 Å². The average molecular weight is 321 g/mol. The maximum atomic E-state index is 6.33. The van der Waals surface area contributed by atoms with E-state index >= 15 is 0 Å². The van der Waals surface area contributed by atoms with Crippen LogP contribution in [0.1, 0.15) is 37.3 Å². The highest BCUT2D eigenvalue weighted by molar-refractivity contribution is 9.10. The number of rotatable bonds is 3. The third kappa shape index (κ3) is 3.36. The minimum absolute atomic E-state index is 0. The van der Waals surface area contributed by atoms with Gasteiger partial charge in [0, 0.05) is 16.1 Å². The number of methoxy groups -OCH3 is 1. The summed E-state index contributed by atoms with van der Waals surface area (Å²) in [4.78, 5) is 0. The fourth-order valence-electron chi connectivity index (χ4n) is 2.53. The zero-order valence-corrected chi connectivity index (χ0v) is 12.4. The van der Waals surface area contributed by atoms with Crippen LogP contribution >= 0.6 is 28.3 Å². The van der Waals surface area contributed by atoms with Crippen LogP contribution in [0.3, 0.4) is 0 Å². The highest BCUT2D eigenvalue weighted by Crippen LogP contribution is 2.38. The van der Waals surface area contributed by atoms with Gasteiger partial charge in [0.25, 0.3) is 0 Å². The van der Waals surface area contributed by atoms with Crippen LogP contribution in [-0.4, -0.2) is 7.11 Å². The van der Waals surface area contributed by atoms with Crippen molar-refractivity contribution in [3.8, 4) is 5.75 Å². The summed E-state index contributed by atoms with van der Waals surface area (Å²) in [6, 6.07) is 6.22. The topological polar surface area (TPSA) is 35.2 Å². The molecule has 4 heteroatoms. The van der Waals surface area contributed by atoms with Gasteiger partial charge in [0.1, 0.15) is 5.75 Å². The second-order valence-electron chi connectivity index (χ2n) is 4.46. The normalized spacial score (nSPS) is 17.6. The number of hydrogen-bond donors (Lipinski definition) is 1. The summed E-state index contributed by atoms with van der Waals surface area (Å²) in [5.74, 6) is 1.52. The molecule has 1 aromatic carbocycles. The standard InChI is InChI=1S/C13H18BrNO.ClH/c1-16-12-8-10(14)6-7-11(12)13(15)9-4-2-3-5-9;/h6-9,13H,2-5,15H2,1H3;1H/t13-;/m0./s1. The van der Waals surface area contributed by atoms with Gasteiger partial charge in [-0.15, -0.1) is 12.4 Å². The predicted octanol–water partition coefficient (Wildman–Crippen LogP) is 4.07. The first kappa shape index (κ1) is 14.8. The van der Waals surface area contributed by atoms with Crippen molar-refractivity contribution in [1.82, 2.24) is 0 Å². The highest BCUT2D eigenvalue weighted by Gasteiger charge is 2.25. The maximum absolute atomic E-state index is 6.33. The molecule has 0 amide bonds. The van der Waals surface area contributed by atoms with Crippen molar-refractivity contribution in [1.29, 1.82) is 0 Å². The zero-order valence-electron chi connectivity index (χ0n) is 9.99.